The maximum atomic E-state index is 4.86. The van der Waals surface area contributed by atoms with Gasteiger partial charge >= 0.3 is 0 Å². The van der Waals surface area contributed by atoms with Gasteiger partial charge in [0.25, 0.3) is 0 Å². The van der Waals surface area contributed by atoms with Crippen molar-refractivity contribution in [1.29, 1.82) is 0 Å². The summed E-state index contributed by atoms with van der Waals surface area (Å²) in [5, 5.41) is 3.20. The number of nitrogens with one attached hydrogen (secondary N) is 1. The van der Waals surface area contributed by atoms with Crippen LogP contribution in [-0.2, 0) is 0 Å². The van der Waals surface area contributed by atoms with Gasteiger partial charge in [-0.15, -0.1) is 0 Å². The third-order valence-corrected chi connectivity index (χ3v) is 5.74. The Morgan fingerprint density at radius 3 is 2.43 bits per heavy atom. The first kappa shape index (κ1) is 13.4. The second kappa shape index (κ2) is 5.15. The van der Waals surface area contributed by atoms with E-state index in [0.717, 1.165) is 17.5 Å². The summed E-state index contributed by atoms with van der Waals surface area (Å²) >= 11 is 0. The number of hydrogen-bond acceptors (Lipinski definition) is 4. The van der Waals surface area contributed by atoms with E-state index in [4.69, 9.17) is 4.98 Å². The number of anilines is 2. The Bertz CT molecular complexity index is 508. The molecule has 0 amide bonds. The van der Waals surface area contributed by atoms with Crippen LogP contribution in [-0.4, -0.2) is 30.1 Å². The van der Waals surface area contributed by atoms with Crippen molar-refractivity contribution in [3.63, 3.8) is 0 Å². The summed E-state index contributed by atoms with van der Waals surface area (Å²) in [4.78, 5) is 12.0. The fourth-order valence-electron chi connectivity index (χ4n) is 4.10. The summed E-state index contributed by atoms with van der Waals surface area (Å²) in [7, 11) is 1.95. The van der Waals surface area contributed by atoms with E-state index in [1.54, 1.807) is 0 Å². The van der Waals surface area contributed by atoms with Crippen LogP contribution < -0.4 is 10.2 Å². The average Bonchev–Trinajstić information content (AvgIpc) is 3.29. The van der Waals surface area contributed by atoms with E-state index in [0.29, 0.717) is 11.3 Å². The lowest BCUT2D eigenvalue weighted by atomic mass is 9.77. The van der Waals surface area contributed by atoms with E-state index >= 15 is 0 Å². The summed E-state index contributed by atoms with van der Waals surface area (Å²) in [6.45, 7) is 2.34. The largest absolute Gasteiger partial charge is 0.373 e. The molecule has 0 atom stereocenters. The number of nitrogens with zero attached hydrogens (tertiary/aromatic N) is 3. The highest BCUT2D eigenvalue weighted by Crippen LogP contribution is 2.47. The molecule has 1 aromatic rings. The van der Waals surface area contributed by atoms with E-state index in [-0.39, 0.29) is 0 Å². The smallest absolute Gasteiger partial charge is 0.136 e. The fourth-order valence-corrected chi connectivity index (χ4v) is 4.10. The van der Waals surface area contributed by atoms with Crippen molar-refractivity contribution in [2.75, 3.05) is 30.4 Å². The third kappa shape index (κ3) is 2.60. The lowest BCUT2D eigenvalue weighted by Crippen LogP contribution is -2.39. The lowest BCUT2D eigenvalue weighted by molar-refractivity contribution is 0.226. The molecule has 0 bridgehead atoms. The molecule has 0 radical (unpaired) electrons. The SMILES string of the molecule is CNc1cc(N2CCC3(CCCC3)CC2)nc(C2CC2)n1. The normalized spacial score (nSPS) is 24.5. The number of rotatable bonds is 3. The molecule has 0 aromatic carbocycles. The van der Waals surface area contributed by atoms with Crippen LogP contribution in [0.1, 0.15) is 63.1 Å². The Morgan fingerprint density at radius 2 is 1.81 bits per heavy atom. The van der Waals surface area contributed by atoms with Crippen LogP contribution in [0.25, 0.3) is 0 Å². The molecule has 2 aliphatic carbocycles. The first-order chi connectivity index (χ1) is 10.3. The van der Waals surface area contributed by atoms with Gasteiger partial charge in [-0.3, -0.25) is 0 Å². The van der Waals surface area contributed by atoms with Gasteiger partial charge in [0.05, 0.1) is 0 Å². The van der Waals surface area contributed by atoms with Gasteiger partial charge in [-0.05, 0) is 43.9 Å². The first-order valence-corrected chi connectivity index (χ1v) is 8.60. The van der Waals surface area contributed by atoms with Crippen molar-refractivity contribution >= 4 is 11.6 Å². The molecular formula is C17H26N4. The van der Waals surface area contributed by atoms with Gasteiger partial charge in [0.2, 0.25) is 0 Å². The zero-order valence-corrected chi connectivity index (χ0v) is 13.1. The van der Waals surface area contributed by atoms with Gasteiger partial charge in [-0.2, -0.15) is 0 Å². The summed E-state index contributed by atoms with van der Waals surface area (Å²) < 4.78 is 0. The standard InChI is InChI=1S/C17H26N4/c1-18-14-12-15(20-16(19-14)13-4-5-13)21-10-8-17(9-11-21)6-2-3-7-17/h12-13H,2-11H2,1H3,(H,18,19,20). The highest BCUT2D eigenvalue weighted by molar-refractivity contribution is 5.50. The highest BCUT2D eigenvalue weighted by Gasteiger charge is 2.37. The van der Waals surface area contributed by atoms with Crippen molar-refractivity contribution in [2.45, 2.75) is 57.3 Å². The zero-order valence-electron chi connectivity index (χ0n) is 13.1. The highest BCUT2D eigenvalue weighted by atomic mass is 15.2. The summed E-state index contributed by atoms with van der Waals surface area (Å²) in [6.07, 6.45) is 11.0. The molecule has 1 saturated heterocycles. The Hall–Kier alpha value is -1.32. The minimum absolute atomic E-state index is 0.614. The topological polar surface area (TPSA) is 41.0 Å². The third-order valence-electron chi connectivity index (χ3n) is 5.74. The molecule has 1 spiro atoms. The van der Waals surface area contributed by atoms with E-state index in [2.05, 4.69) is 21.3 Å². The molecule has 2 saturated carbocycles. The molecule has 0 unspecified atom stereocenters. The van der Waals surface area contributed by atoms with Crippen molar-refractivity contribution in [3.05, 3.63) is 11.9 Å². The molecule has 114 valence electrons. The quantitative estimate of drug-likeness (QED) is 0.922. The van der Waals surface area contributed by atoms with Crippen LogP contribution >= 0.6 is 0 Å². The van der Waals surface area contributed by atoms with E-state index in [9.17, 15) is 0 Å². The van der Waals surface area contributed by atoms with Crippen molar-refractivity contribution in [2.24, 2.45) is 5.41 Å². The Kier molecular flexibility index (Phi) is 3.27. The van der Waals surface area contributed by atoms with Crippen molar-refractivity contribution in [3.8, 4) is 0 Å². The number of hydrogen-bond donors (Lipinski definition) is 1. The van der Waals surface area contributed by atoms with E-state index < -0.39 is 0 Å². The molecule has 1 aromatic heterocycles. The molecule has 1 N–H and O–H groups in total. The predicted molar refractivity (Wildman–Crippen MR) is 85.9 cm³/mol. The van der Waals surface area contributed by atoms with Crippen LogP contribution in [0.2, 0.25) is 0 Å². The molecule has 2 heterocycles. The van der Waals surface area contributed by atoms with Crippen molar-refractivity contribution in [1.82, 2.24) is 9.97 Å². The van der Waals surface area contributed by atoms with Crippen LogP contribution in [0.5, 0.6) is 0 Å². The van der Waals surface area contributed by atoms with Crippen LogP contribution in [0.15, 0.2) is 6.07 Å². The molecule has 4 heteroatoms. The maximum Gasteiger partial charge on any atom is 0.136 e. The minimum Gasteiger partial charge on any atom is -0.373 e. The van der Waals surface area contributed by atoms with Gasteiger partial charge in [0, 0.05) is 32.1 Å². The first-order valence-electron chi connectivity index (χ1n) is 8.60. The van der Waals surface area contributed by atoms with Crippen molar-refractivity contribution < 1.29 is 0 Å². The van der Waals surface area contributed by atoms with Gasteiger partial charge in [-0.1, -0.05) is 12.8 Å². The molecule has 21 heavy (non-hydrogen) atoms. The summed E-state index contributed by atoms with van der Waals surface area (Å²) in [5.74, 6) is 3.79. The Balaban J connectivity index is 1.52. The Labute approximate surface area is 127 Å². The summed E-state index contributed by atoms with van der Waals surface area (Å²) in [5.41, 5.74) is 0.675. The zero-order chi connectivity index (χ0) is 14.3. The van der Waals surface area contributed by atoms with Gasteiger partial charge in [-0.25, -0.2) is 9.97 Å². The van der Waals surface area contributed by atoms with E-state index in [1.165, 1.54) is 64.5 Å². The monoisotopic (exact) mass is 286 g/mol. The molecule has 3 aliphatic rings. The average molecular weight is 286 g/mol. The molecule has 3 fully saturated rings. The van der Waals surface area contributed by atoms with Crippen LogP contribution in [0.4, 0.5) is 11.6 Å². The minimum atomic E-state index is 0.614. The van der Waals surface area contributed by atoms with Gasteiger partial charge in [0.15, 0.2) is 0 Å². The van der Waals surface area contributed by atoms with Gasteiger partial charge in [0.1, 0.15) is 17.5 Å². The number of piperidine rings is 1. The lowest BCUT2D eigenvalue weighted by Gasteiger charge is -2.40. The molecule has 4 nitrogen and oxygen atoms in total. The predicted octanol–water partition coefficient (Wildman–Crippen LogP) is 3.56. The Morgan fingerprint density at radius 1 is 1.10 bits per heavy atom. The fraction of sp³-hybridized carbons (Fsp3) is 0.765. The van der Waals surface area contributed by atoms with Crippen LogP contribution in [0.3, 0.4) is 0 Å². The molecule has 4 rings (SSSR count). The molecular weight excluding hydrogens is 260 g/mol. The van der Waals surface area contributed by atoms with Crippen LogP contribution in [0, 0.1) is 5.41 Å². The number of aromatic nitrogens is 2. The molecule has 1 aliphatic heterocycles. The second-order valence-corrected chi connectivity index (χ2v) is 7.19. The maximum absolute atomic E-state index is 4.86. The second-order valence-electron chi connectivity index (χ2n) is 7.19. The van der Waals surface area contributed by atoms with E-state index in [1.807, 2.05) is 7.05 Å². The summed E-state index contributed by atoms with van der Waals surface area (Å²) in [6, 6.07) is 2.12. The van der Waals surface area contributed by atoms with Gasteiger partial charge < -0.3 is 10.2 Å².